The van der Waals surface area contributed by atoms with Gasteiger partial charge in [0.15, 0.2) is 0 Å². The van der Waals surface area contributed by atoms with Crippen LogP contribution in [0.4, 0.5) is 0 Å². The first kappa shape index (κ1) is 24.3. The molecule has 3 aromatic rings. The molecular formula is C30H35N3O3. The smallest absolute Gasteiger partial charge is 0.251 e. The second kappa shape index (κ2) is 11.1. The largest absolute Gasteiger partial charge is 0.378 e. The number of carbonyl (C=O) groups is 2. The summed E-state index contributed by atoms with van der Waals surface area (Å²) in [6, 6.07) is 16.4. The molecule has 6 heteroatoms. The van der Waals surface area contributed by atoms with E-state index in [1.165, 1.54) is 24.8 Å². The number of morpholine rings is 1. The van der Waals surface area contributed by atoms with Crippen LogP contribution in [0.15, 0.2) is 61.2 Å². The van der Waals surface area contributed by atoms with Crippen molar-refractivity contribution in [2.75, 3.05) is 32.8 Å². The number of aromatic nitrogens is 1. The van der Waals surface area contributed by atoms with Crippen molar-refractivity contribution in [3.8, 4) is 11.3 Å². The Kier molecular flexibility index (Phi) is 7.52. The first-order valence-corrected chi connectivity index (χ1v) is 13.1. The van der Waals surface area contributed by atoms with E-state index in [0.29, 0.717) is 44.3 Å². The molecule has 0 atom stereocenters. The van der Waals surface area contributed by atoms with Crippen LogP contribution in [0, 0.1) is 0 Å². The van der Waals surface area contributed by atoms with Gasteiger partial charge in [0.25, 0.3) is 5.91 Å². The SMILES string of the molecule is C=CCNC(=O)c1ccc2c(C3CCCCC3)c(-c3ccccc3)n(CC(=O)N3CCOCC3)c2c1. The summed E-state index contributed by atoms with van der Waals surface area (Å²) >= 11 is 0. The summed E-state index contributed by atoms with van der Waals surface area (Å²) in [5.74, 6) is 0.394. The lowest BCUT2D eigenvalue weighted by Crippen LogP contribution is -2.42. The Morgan fingerprint density at radius 3 is 2.50 bits per heavy atom. The third-order valence-corrected chi connectivity index (χ3v) is 7.49. The van der Waals surface area contributed by atoms with Crippen molar-refractivity contribution in [2.24, 2.45) is 0 Å². The van der Waals surface area contributed by atoms with E-state index < -0.39 is 0 Å². The van der Waals surface area contributed by atoms with Gasteiger partial charge >= 0.3 is 0 Å². The molecule has 0 bridgehead atoms. The lowest BCUT2D eigenvalue weighted by atomic mass is 9.82. The van der Waals surface area contributed by atoms with E-state index in [1.807, 2.05) is 23.1 Å². The second-order valence-corrected chi connectivity index (χ2v) is 9.77. The maximum absolute atomic E-state index is 13.5. The van der Waals surface area contributed by atoms with Gasteiger partial charge in [0.05, 0.1) is 24.4 Å². The molecule has 0 radical (unpaired) electrons. The minimum atomic E-state index is -0.135. The molecule has 1 saturated heterocycles. The number of amides is 2. The fourth-order valence-electron chi connectivity index (χ4n) is 5.71. The Balaban J connectivity index is 1.68. The van der Waals surface area contributed by atoms with Crippen molar-refractivity contribution in [2.45, 2.75) is 44.6 Å². The van der Waals surface area contributed by atoms with E-state index >= 15 is 0 Å². The van der Waals surface area contributed by atoms with Crippen LogP contribution in [0.25, 0.3) is 22.2 Å². The molecule has 2 fully saturated rings. The Hall–Kier alpha value is -3.38. The molecule has 2 aliphatic rings. The van der Waals surface area contributed by atoms with Crippen LogP contribution >= 0.6 is 0 Å². The Morgan fingerprint density at radius 1 is 1.03 bits per heavy atom. The zero-order valence-electron chi connectivity index (χ0n) is 20.9. The zero-order valence-corrected chi connectivity index (χ0v) is 20.9. The molecule has 1 aromatic heterocycles. The van der Waals surface area contributed by atoms with Gasteiger partial charge in [0, 0.05) is 30.6 Å². The van der Waals surface area contributed by atoms with Crippen LogP contribution < -0.4 is 5.32 Å². The minimum absolute atomic E-state index is 0.0871. The van der Waals surface area contributed by atoms with Gasteiger partial charge in [-0.05, 0) is 42.0 Å². The molecule has 36 heavy (non-hydrogen) atoms. The average molecular weight is 486 g/mol. The first-order valence-electron chi connectivity index (χ1n) is 13.1. The summed E-state index contributed by atoms with van der Waals surface area (Å²) in [5, 5.41) is 4.04. The van der Waals surface area contributed by atoms with Crippen molar-refractivity contribution in [1.29, 1.82) is 0 Å². The van der Waals surface area contributed by atoms with Gasteiger partial charge in [-0.15, -0.1) is 6.58 Å². The first-order chi connectivity index (χ1) is 17.7. The van der Waals surface area contributed by atoms with Crippen LogP contribution in [0.3, 0.4) is 0 Å². The van der Waals surface area contributed by atoms with Gasteiger partial charge < -0.3 is 19.5 Å². The molecule has 1 aliphatic heterocycles. The molecule has 2 heterocycles. The average Bonchev–Trinajstić information content (AvgIpc) is 3.26. The highest BCUT2D eigenvalue weighted by Gasteiger charge is 2.28. The maximum Gasteiger partial charge on any atom is 0.251 e. The highest BCUT2D eigenvalue weighted by molar-refractivity contribution is 6.01. The van der Waals surface area contributed by atoms with E-state index in [2.05, 4.69) is 46.8 Å². The standard InChI is InChI=1S/C30H35N3O3/c1-2-15-31-30(35)24-13-14-25-26(20-24)33(21-27(34)32-16-18-36-19-17-32)29(23-11-7-4-8-12-23)28(25)22-9-5-3-6-10-22/h2,4,7-8,11-14,20,22H,1,3,5-6,9-10,15-19,21H2,(H,31,35). The summed E-state index contributed by atoms with van der Waals surface area (Å²) in [7, 11) is 0. The van der Waals surface area contributed by atoms with E-state index in [-0.39, 0.29) is 18.4 Å². The molecule has 0 unspecified atom stereocenters. The summed E-state index contributed by atoms with van der Waals surface area (Å²) < 4.78 is 7.63. The number of hydrogen-bond acceptors (Lipinski definition) is 3. The van der Waals surface area contributed by atoms with Crippen molar-refractivity contribution < 1.29 is 14.3 Å². The highest BCUT2D eigenvalue weighted by atomic mass is 16.5. The number of benzene rings is 2. The number of rotatable bonds is 7. The molecule has 1 saturated carbocycles. The molecule has 5 rings (SSSR count). The molecule has 1 aliphatic carbocycles. The van der Waals surface area contributed by atoms with Gasteiger partial charge in [0.1, 0.15) is 6.54 Å². The van der Waals surface area contributed by atoms with E-state index in [4.69, 9.17) is 4.74 Å². The summed E-state index contributed by atoms with van der Waals surface area (Å²) in [6.07, 6.45) is 7.70. The van der Waals surface area contributed by atoms with Crippen LogP contribution in [0.2, 0.25) is 0 Å². The fourth-order valence-corrected chi connectivity index (χ4v) is 5.71. The third-order valence-electron chi connectivity index (χ3n) is 7.49. The van der Waals surface area contributed by atoms with E-state index in [0.717, 1.165) is 35.0 Å². The van der Waals surface area contributed by atoms with Gasteiger partial charge in [-0.2, -0.15) is 0 Å². The van der Waals surface area contributed by atoms with Gasteiger partial charge in [-0.3, -0.25) is 9.59 Å². The monoisotopic (exact) mass is 485 g/mol. The Morgan fingerprint density at radius 2 is 1.78 bits per heavy atom. The Bertz CT molecular complexity index is 1240. The lowest BCUT2D eigenvalue weighted by Gasteiger charge is -2.28. The molecule has 2 amide bonds. The molecule has 0 spiro atoms. The normalized spacial score (nSPS) is 16.7. The maximum atomic E-state index is 13.5. The van der Waals surface area contributed by atoms with Gasteiger partial charge in [-0.25, -0.2) is 0 Å². The van der Waals surface area contributed by atoms with Crippen LogP contribution in [0.5, 0.6) is 0 Å². The van der Waals surface area contributed by atoms with Gasteiger partial charge in [0.2, 0.25) is 5.91 Å². The van der Waals surface area contributed by atoms with Crippen molar-refractivity contribution in [3.05, 3.63) is 72.3 Å². The number of ether oxygens (including phenoxy) is 1. The van der Waals surface area contributed by atoms with Crippen molar-refractivity contribution in [3.63, 3.8) is 0 Å². The third kappa shape index (κ3) is 4.96. The molecule has 6 nitrogen and oxygen atoms in total. The highest BCUT2D eigenvalue weighted by Crippen LogP contribution is 2.44. The van der Waals surface area contributed by atoms with Crippen molar-refractivity contribution in [1.82, 2.24) is 14.8 Å². The number of fused-ring (bicyclic) bond motifs is 1. The van der Waals surface area contributed by atoms with Crippen LogP contribution in [0.1, 0.15) is 53.9 Å². The lowest BCUT2D eigenvalue weighted by molar-refractivity contribution is -0.135. The van der Waals surface area contributed by atoms with Gasteiger partial charge in [-0.1, -0.05) is 61.7 Å². The number of carbonyl (C=O) groups excluding carboxylic acids is 2. The summed E-state index contributed by atoms with van der Waals surface area (Å²) in [4.78, 5) is 28.2. The molecule has 1 N–H and O–H groups in total. The summed E-state index contributed by atoms with van der Waals surface area (Å²) in [6.45, 7) is 6.73. The van der Waals surface area contributed by atoms with Crippen LogP contribution in [-0.4, -0.2) is 54.1 Å². The predicted octanol–water partition coefficient (Wildman–Crippen LogP) is 5.13. The summed E-state index contributed by atoms with van der Waals surface area (Å²) in [5.41, 5.74) is 5.09. The van der Waals surface area contributed by atoms with Crippen LogP contribution in [-0.2, 0) is 16.1 Å². The molecule has 188 valence electrons. The minimum Gasteiger partial charge on any atom is -0.378 e. The van der Waals surface area contributed by atoms with E-state index in [1.54, 1.807) is 6.08 Å². The number of nitrogens with one attached hydrogen (secondary N) is 1. The number of nitrogens with zero attached hydrogens (tertiary/aromatic N) is 2. The second-order valence-electron chi connectivity index (χ2n) is 9.77. The molecule has 2 aromatic carbocycles. The quantitative estimate of drug-likeness (QED) is 0.472. The fraction of sp³-hybridized carbons (Fsp3) is 0.400. The zero-order chi connectivity index (χ0) is 24.9. The van der Waals surface area contributed by atoms with Crippen molar-refractivity contribution >= 4 is 22.7 Å². The Labute approximate surface area is 212 Å². The predicted molar refractivity (Wildman–Crippen MR) is 143 cm³/mol. The van der Waals surface area contributed by atoms with E-state index in [9.17, 15) is 9.59 Å². The topological polar surface area (TPSA) is 63.6 Å². The molecular weight excluding hydrogens is 450 g/mol. The number of hydrogen-bond donors (Lipinski definition) is 1.